The van der Waals surface area contributed by atoms with E-state index in [2.05, 4.69) is 20.1 Å². The van der Waals surface area contributed by atoms with Crippen LogP contribution >= 0.6 is 0 Å². The third-order valence-electron chi connectivity index (χ3n) is 6.14. The lowest BCUT2D eigenvalue weighted by atomic mass is 10.1. The lowest BCUT2D eigenvalue weighted by Gasteiger charge is -2.32. The Morgan fingerprint density at radius 1 is 1.11 bits per heavy atom. The second kappa shape index (κ2) is 8.66. The van der Waals surface area contributed by atoms with Gasteiger partial charge in [-0.25, -0.2) is 19.3 Å². The van der Waals surface area contributed by atoms with Crippen molar-refractivity contribution in [1.82, 2.24) is 29.3 Å². The predicted octanol–water partition coefficient (Wildman–Crippen LogP) is 3.17. The van der Waals surface area contributed by atoms with Gasteiger partial charge in [0.2, 0.25) is 5.95 Å². The smallest absolute Gasteiger partial charge is 0.370 e. The summed E-state index contributed by atoms with van der Waals surface area (Å²) in [5.74, 6) is -0.691. The van der Waals surface area contributed by atoms with Crippen LogP contribution in [-0.4, -0.2) is 49.0 Å². The summed E-state index contributed by atoms with van der Waals surface area (Å²) in [5.41, 5.74) is -1.10. The molecule has 9 nitrogen and oxygen atoms in total. The van der Waals surface area contributed by atoms with Crippen molar-refractivity contribution in [3.05, 3.63) is 63.7 Å². The first-order chi connectivity index (χ1) is 17.0. The maximum Gasteiger partial charge on any atom is 0.416 e. The molecule has 1 unspecified atom stereocenters. The molecule has 4 aromatic rings. The van der Waals surface area contributed by atoms with E-state index in [1.54, 1.807) is 29.7 Å². The fraction of sp³-hybridized carbons (Fsp3) is 0.348. The van der Waals surface area contributed by atoms with Gasteiger partial charge in [0, 0.05) is 38.0 Å². The molecule has 0 bridgehead atoms. The van der Waals surface area contributed by atoms with Gasteiger partial charge in [-0.05, 0) is 25.1 Å². The fourth-order valence-electron chi connectivity index (χ4n) is 4.09. The molecular weight excluding hydrogens is 482 g/mol. The lowest BCUT2D eigenvalue weighted by molar-refractivity contribution is -0.137. The molecule has 36 heavy (non-hydrogen) atoms. The molecule has 3 aromatic heterocycles. The zero-order valence-corrected chi connectivity index (χ0v) is 19.5. The monoisotopic (exact) mass is 503 g/mol. The Morgan fingerprint density at radius 2 is 1.89 bits per heavy atom. The molecule has 1 aliphatic heterocycles. The molecule has 0 aliphatic carbocycles. The molecule has 5 rings (SSSR count). The second-order valence-electron chi connectivity index (χ2n) is 8.54. The predicted molar refractivity (Wildman–Crippen MR) is 122 cm³/mol. The quantitative estimate of drug-likeness (QED) is 0.397. The number of nitrogens with zero attached hydrogens (tertiary/aromatic N) is 7. The van der Waals surface area contributed by atoms with Crippen LogP contribution in [0, 0.1) is 12.7 Å². The van der Waals surface area contributed by atoms with Gasteiger partial charge in [0.25, 0.3) is 5.56 Å². The van der Waals surface area contributed by atoms with Crippen LogP contribution < -0.4 is 10.5 Å². The van der Waals surface area contributed by atoms with Crippen LogP contribution in [0.2, 0.25) is 0 Å². The average molecular weight is 503 g/mol. The third kappa shape index (κ3) is 4.19. The molecule has 1 atom stereocenters. The van der Waals surface area contributed by atoms with E-state index in [1.165, 1.54) is 11.6 Å². The number of morpholine rings is 1. The van der Waals surface area contributed by atoms with E-state index >= 15 is 4.39 Å². The molecular formula is C23H21F4N7O2. The average Bonchev–Trinajstić information content (AvgIpc) is 3.28. The Hall–Kier alpha value is -3.87. The van der Waals surface area contributed by atoms with Crippen molar-refractivity contribution in [2.75, 3.05) is 24.6 Å². The van der Waals surface area contributed by atoms with Gasteiger partial charge in [-0.3, -0.25) is 14.0 Å². The topological polar surface area (TPSA) is 91.0 Å². The van der Waals surface area contributed by atoms with Gasteiger partial charge in [-0.15, -0.1) is 0 Å². The number of alkyl halides is 3. The van der Waals surface area contributed by atoms with Gasteiger partial charge in [0.05, 0.1) is 24.9 Å². The van der Waals surface area contributed by atoms with E-state index < -0.39 is 23.1 Å². The second-order valence-corrected chi connectivity index (χ2v) is 8.54. The number of anilines is 1. The maximum absolute atomic E-state index is 15.0. The molecule has 0 saturated carbocycles. The van der Waals surface area contributed by atoms with Gasteiger partial charge < -0.3 is 9.64 Å². The Morgan fingerprint density at radius 3 is 2.56 bits per heavy atom. The van der Waals surface area contributed by atoms with Crippen molar-refractivity contribution >= 4 is 17.0 Å². The number of rotatable bonds is 3. The first-order valence-electron chi connectivity index (χ1n) is 11.0. The van der Waals surface area contributed by atoms with Gasteiger partial charge in [-0.2, -0.15) is 18.3 Å². The Bertz CT molecular complexity index is 1530. The van der Waals surface area contributed by atoms with Crippen LogP contribution in [0.4, 0.5) is 23.5 Å². The van der Waals surface area contributed by atoms with E-state index in [9.17, 15) is 18.0 Å². The summed E-state index contributed by atoms with van der Waals surface area (Å²) in [4.78, 5) is 28.2. The summed E-state index contributed by atoms with van der Waals surface area (Å²) in [7, 11) is 3.31. The van der Waals surface area contributed by atoms with Crippen LogP contribution in [0.15, 0.2) is 35.4 Å². The van der Waals surface area contributed by atoms with E-state index in [0.29, 0.717) is 31.6 Å². The molecule has 1 aromatic carbocycles. The SMILES string of the molecule is Cc1nc2c(-c3ccc(C(F)(F)F)cc3F)nc(N3CCOC(c4cnn(C)c4)C3)nc2c(=O)n1C. The van der Waals surface area contributed by atoms with Gasteiger partial charge in [-0.1, -0.05) is 0 Å². The number of fused-ring (bicyclic) bond motifs is 1. The molecule has 0 spiro atoms. The van der Waals surface area contributed by atoms with Crippen LogP contribution in [0.5, 0.6) is 0 Å². The fourth-order valence-corrected chi connectivity index (χ4v) is 4.09. The molecule has 13 heteroatoms. The van der Waals surface area contributed by atoms with E-state index in [1.807, 2.05) is 6.20 Å². The molecule has 1 saturated heterocycles. The molecule has 1 fully saturated rings. The van der Waals surface area contributed by atoms with Crippen molar-refractivity contribution in [2.45, 2.75) is 19.2 Å². The van der Waals surface area contributed by atoms with Gasteiger partial charge >= 0.3 is 6.18 Å². The number of halogens is 4. The van der Waals surface area contributed by atoms with Crippen LogP contribution in [0.25, 0.3) is 22.3 Å². The largest absolute Gasteiger partial charge is 0.416 e. The van der Waals surface area contributed by atoms with Gasteiger partial charge in [0.15, 0.2) is 5.52 Å². The molecule has 188 valence electrons. The van der Waals surface area contributed by atoms with Gasteiger partial charge in [0.1, 0.15) is 29.0 Å². The van der Waals surface area contributed by atoms with Crippen molar-refractivity contribution in [3.8, 4) is 11.3 Å². The maximum atomic E-state index is 15.0. The van der Waals surface area contributed by atoms with Crippen LogP contribution in [-0.2, 0) is 25.0 Å². The van der Waals surface area contributed by atoms with Crippen LogP contribution in [0.1, 0.15) is 23.1 Å². The zero-order chi connectivity index (χ0) is 25.8. The first-order valence-corrected chi connectivity index (χ1v) is 11.0. The number of aromatic nitrogens is 6. The van der Waals surface area contributed by atoms with Crippen molar-refractivity contribution in [2.24, 2.45) is 14.1 Å². The number of hydrogen-bond acceptors (Lipinski definition) is 7. The van der Waals surface area contributed by atoms with E-state index in [-0.39, 0.29) is 34.3 Å². The van der Waals surface area contributed by atoms with Crippen LogP contribution in [0.3, 0.4) is 0 Å². The molecule has 4 heterocycles. The zero-order valence-electron chi connectivity index (χ0n) is 19.5. The molecule has 1 aliphatic rings. The minimum absolute atomic E-state index is 0.00933. The summed E-state index contributed by atoms with van der Waals surface area (Å²) in [6, 6.07) is 2.17. The summed E-state index contributed by atoms with van der Waals surface area (Å²) in [6.45, 7) is 2.62. The first kappa shape index (κ1) is 23.9. The normalized spacial score (nSPS) is 16.6. The van der Waals surface area contributed by atoms with Crippen molar-refractivity contribution in [3.63, 3.8) is 0 Å². The molecule has 0 radical (unpaired) electrons. The Kier molecular flexibility index (Phi) is 5.74. The highest BCUT2D eigenvalue weighted by atomic mass is 19.4. The number of aryl methyl sites for hydroxylation is 2. The van der Waals surface area contributed by atoms with E-state index in [0.717, 1.165) is 17.7 Å². The third-order valence-corrected chi connectivity index (χ3v) is 6.14. The minimum atomic E-state index is -4.71. The molecule has 0 N–H and O–H groups in total. The van der Waals surface area contributed by atoms with E-state index in [4.69, 9.17) is 4.74 Å². The Labute approximate surface area is 202 Å². The minimum Gasteiger partial charge on any atom is -0.370 e. The highest BCUT2D eigenvalue weighted by Crippen LogP contribution is 2.34. The lowest BCUT2D eigenvalue weighted by Crippen LogP contribution is -2.39. The summed E-state index contributed by atoms with van der Waals surface area (Å²) < 4.78 is 63.2. The number of ether oxygens (including phenoxy) is 1. The van der Waals surface area contributed by atoms with Crippen molar-refractivity contribution in [1.29, 1.82) is 0 Å². The number of hydrogen-bond donors (Lipinski definition) is 0. The van der Waals surface area contributed by atoms with Crippen molar-refractivity contribution < 1.29 is 22.3 Å². The summed E-state index contributed by atoms with van der Waals surface area (Å²) in [5, 5.41) is 4.16. The highest BCUT2D eigenvalue weighted by molar-refractivity contribution is 5.89. The summed E-state index contributed by atoms with van der Waals surface area (Å²) in [6.07, 6.45) is -1.56. The summed E-state index contributed by atoms with van der Waals surface area (Å²) >= 11 is 0. The standard InChI is InChI=1S/C23H21F4N7O2/c1-12-29-19-18(15-5-4-14(8-16(15)24)23(25,26)27)30-22(31-20(19)21(35)33(12)3)34-6-7-36-17(11-34)13-9-28-32(2)10-13/h4-5,8-10,17H,6-7,11H2,1-3H3. The highest BCUT2D eigenvalue weighted by Gasteiger charge is 2.32. The number of benzene rings is 1. The Balaban J connectivity index is 1.67. The molecule has 0 amide bonds.